The number of methoxy groups -OCH3 is 1. The van der Waals surface area contributed by atoms with Gasteiger partial charge in [0.2, 0.25) is 5.91 Å². The van der Waals surface area contributed by atoms with Crippen LogP contribution in [0.3, 0.4) is 0 Å². The summed E-state index contributed by atoms with van der Waals surface area (Å²) in [5.41, 5.74) is 3.26. The monoisotopic (exact) mass is 677 g/mol. The molecule has 252 valence electrons. The number of likely N-dealkylation sites (N-methyl/N-ethyl adjacent to an activating group) is 1. The van der Waals surface area contributed by atoms with Gasteiger partial charge < -0.3 is 23.8 Å². The van der Waals surface area contributed by atoms with E-state index in [1.54, 1.807) is 16.6 Å². The molecule has 1 fully saturated rings. The molecule has 1 saturated heterocycles. The van der Waals surface area contributed by atoms with E-state index in [4.69, 9.17) is 14.5 Å². The molecule has 0 aliphatic carbocycles. The van der Waals surface area contributed by atoms with E-state index >= 15 is 0 Å². The van der Waals surface area contributed by atoms with E-state index in [0.717, 1.165) is 32.8 Å². The Balaban J connectivity index is 1.42. The number of para-hydroxylation sites is 1. The number of fused-ring (bicyclic) bond motifs is 3. The summed E-state index contributed by atoms with van der Waals surface area (Å²) in [6, 6.07) is 19.0. The molecule has 0 radical (unpaired) electrons. The largest absolute Gasteiger partial charge is 0.496 e. The van der Waals surface area contributed by atoms with Crippen LogP contribution in [0, 0.1) is 0 Å². The number of amides is 2. The maximum atomic E-state index is 14.7. The molecule has 11 heteroatoms. The van der Waals surface area contributed by atoms with Crippen LogP contribution in [0.1, 0.15) is 37.9 Å². The number of carbonyl (C=O) groups excluding carboxylic acids is 2. The highest BCUT2D eigenvalue weighted by Crippen LogP contribution is 2.40. The summed E-state index contributed by atoms with van der Waals surface area (Å²) in [5.74, 6) is 0.458. The second-order valence-corrected chi connectivity index (χ2v) is 13.2. The van der Waals surface area contributed by atoms with Crippen molar-refractivity contribution < 1.29 is 19.1 Å². The lowest BCUT2D eigenvalue weighted by molar-refractivity contribution is -0.135. The third kappa shape index (κ3) is 5.76. The molecule has 49 heavy (non-hydrogen) atoms. The number of morpholine rings is 1. The van der Waals surface area contributed by atoms with Gasteiger partial charge in [0, 0.05) is 54.4 Å². The molecule has 0 N–H and O–H groups in total. The second-order valence-electron chi connectivity index (χ2n) is 12.2. The van der Waals surface area contributed by atoms with Gasteiger partial charge in [-0.2, -0.15) is 0 Å². The maximum Gasteiger partial charge on any atom is 0.271 e. The van der Waals surface area contributed by atoms with Gasteiger partial charge in [0.05, 0.1) is 36.1 Å². The zero-order valence-electron chi connectivity index (χ0n) is 28.1. The molecular weight excluding hydrogens is 639 g/mol. The Morgan fingerprint density at radius 2 is 1.73 bits per heavy atom. The molecule has 7 rings (SSSR count). The highest BCUT2D eigenvalue weighted by Gasteiger charge is 2.36. The van der Waals surface area contributed by atoms with E-state index in [0.29, 0.717) is 65.7 Å². The van der Waals surface area contributed by atoms with E-state index in [1.165, 1.54) is 11.3 Å². The summed E-state index contributed by atoms with van der Waals surface area (Å²) in [4.78, 5) is 51.1. The van der Waals surface area contributed by atoms with Gasteiger partial charge in [-0.15, -0.1) is 0 Å². The smallest absolute Gasteiger partial charge is 0.271 e. The number of carbonyl (C=O) groups is 2. The van der Waals surface area contributed by atoms with Crippen molar-refractivity contribution in [2.45, 2.75) is 33.4 Å². The lowest BCUT2D eigenvalue weighted by Crippen LogP contribution is -2.43. The van der Waals surface area contributed by atoms with E-state index in [-0.39, 0.29) is 23.9 Å². The van der Waals surface area contributed by atoms with Crippen LogP contribution in [0.25, 0.3) is 27.8 Å². The van der Waals surface area contributed by atoms with E-state index in [2.05, 4.69) is 0 Å². The summed E-state index contributed by atoms with van der Waals surface area (Å²) in [5, 5.41) is 2.81. The van der Waals surface area contributed by atoms with Gasteiger partial charge >= 0.3 is 0 Å². The topological polar surface area (TPSA) is 98.4 Å². The first-order valence-electron chi connectivity index (χ1n) is 16.6. The quantitative estimate of drug-likeness (QED) is 0.247. The molecule has 3 aromatic carbocycles. The predicted octanol–water partition coefficient (Wildman–Crippen LogP) is 4.08. The number of rotatable bonds is 8. The van der Waals surface area contributed by atoms with Crippen molar-refractivity contribution in [3.05, 3.63) is 109 Å². The van der Waals surface area contributed by atoms with Crippen molar-refractivity contribution in [3.63, 3.8) is 0 Å². The Morgan fingerprint density at radius 3 is 2.47 bits per heavy atom. The lowest BCUT2D eigenvalue weighted by atomic mass is 9.90. The molecule has 2 aliphatic heterocycles. The summed E-state index contributed by atoms with van der Waals surface area (Å²) < 4.78 is 15.4. The molecule has 1 atom stereocenters. The van der Waals surface area contributed by atoms with Gasteiger partial charge in [-0.05, 0) is 49.8 Å². The predicted molar refractivity (Wildman–Crippen MR) is 192 cm³/mol. The number of hydrogen-bond acceptors (Lipinski definition) is 7. The van der Waals surface area contributed by atoms with Crippen LogP contribution in [0.5, 0.6) is 5.75 Å². The van der Waals surface area contributed by atoms with Gasteiger partial charge in [-0.3, -0.25) is 19.0 Å². The third-order valence-electron chi connectivity index (χ3n) is 9.50. The van der Waals surface area contributed by atoms with Gasteiger partial charge in [-0.25, -0.2) is 4.99 Å². The van der Waals surface area contributed by atoms with Crippen molar-refractivity contribution in [2.75, 3.05) is 46.5 Å². The average Bonchev–Trinajstić information content (AvgIpc) is 3.63. The summed E-state index contributed by atoms with van der Waals surface area (Å²) in [6.07, 6.45) is 3.82. The Kier molecular flexibility index (Phi) is 8.96. The molecule has 0 unspecified atom stereocenters. The summed E-state index contributed by atoms with van der Waals surface area (Å²) in [6.45, 7) is 9.21. The highest BCUT2D eigenvalue weighted by molar-refractivity contribution is 7.07. The Morgan fingerprint density at radius 1 is 1.02 bits per heavy atom. The summed E-state index contributed by atoms with van der Waals surface area (Å²) >= 11 is 1.30. The van der Waals surface area contributed by atoms with Crippen LogP contribution in [0.15, 0.2) is 87.9 Å². The molecular formula is C38H39N5O5S. The highest BCUT2D eigenvalue weighted by atomic mass is 32.1. The maximum absolute atomic E-state index is 14.7. The van der Waals surface area contributed by atoms with Crippen LogP contribution in [0.2, 0.25) is 0 Å². The fourth-order valence-corrected chi connectivity index (χ4v) is 8.04. The number of thiazole rings is 1. The van der Waals surface area contributed by atoms with Crippen LogP contribution in [-0.4, -0.2) is 77.3 Å². The van der Waals surface area contributed by atoms with Gasteiger partial charge in [0.15, 0.2) is 4.80 Å². The van der Waals surface area contributed by atoms with Crippen molar-refractivity contribution in [3.8, 4) is 5.75 Å². The molecule has 2 amide bonds. The number of aromatic nitrogens is 2. The van der Waals surface area contributed by atoms with Crippen molar-refractivity contribution >= 4 is 50.9 Å². The second kappa shape index (κ2) is 13.5. The van der Waals surface area contributed by atoms with Gasteiger partial charge in [-0.1, -0.05) is 59.9 Å². The Bertz CT molecular complexity index is 2310. The fourth-order valence-electron chi connectivity index (χ4n) is 7.01. The number of nitrogens with zero attached hydrogens (tertiary/aromatic N) is 5. The molecule has 2 aromatic heterocycles. The first-order valence-corrected chi connectivity index (χ1v) is 17.5. The average molecular weight is 678 g/mol. The van der Waals surface area contributed by atoms with Crippen molar-refractivity contribution in [1.82, 2.24) is 18.9 Å². The zero-order valence-corrected chi connectivity index (χ0v) is 29.0. The van der Waals surface area contributed by atoms with Crippen LogP contribution in [0.4, 0.5) is 0 Å². The lowest BCUT2D eigenvalue weighted by Gasteiger charge is -2.30. The number of ether oxygens (including phenoxy) is 2. The molecule has 10 nitrogen and oxygen atoms in total. The third-order valence-corrected chi connectivity index (χ3v) is 10.5. The molecule has 0 spiro atoms. The minimum Gasteiger partial charge on any atom is -0.496 e. The number of allylic oxidation sites excluding steroid dienone is 1. The molecule has 2 aliphatic rings. The van der Waals surface area contributed by atoms with Gasteiger partial charge in [0.1, 0.15) is 18.3 Å². The van der Waals surface area contributed by atoms with Crippen molar-refractivity contribution in [2.24, 2.45) is 4.99 Å². The Hall–Kier alpha value is -5.00. The SMILES string of the molecule is CCN(CC)C(=O)C1=C(C)N=c2s/c(=C\c3cn(CC(=O)N4CCOCC4)c4ccccc34)c(=O)n2[C@@H]1c1c(OC)ccc2ccccc12. The van der Waals surface area contributed by atoms with Crippen LogP contribution in [-0.2, 0) is 20.9 Å². The fraction of sp³-hybridized carbons (Fsp3) is 0.316. The van der Waals surface area contributed by atoms with Crippen LogP contribution < -0.4 is 19.6 Å². The zero-order chi connectivity index (χ0) is 34.2. The first-order chi connectivity index (χ1) is 23.8. The molecule has 0 saturated carbocycles. The molecule has 5 aromatic rings. The molecule has 0 bridgehead atoms. The van der Waals surface area contributed by atoms with E-state index in [1.807, 2.05) is 103 Å². The standard InChI is InChI=1S/C38H39N5O5S/c1-5-40(6-2)37(46)33-24(3)39-38-43(35(33)34-28-13-8-7-11-25(28)15-16-30(34)47-4)36(45)31(49-38)21-26-22-42(29-14-10-9-12-27(26)29)23-32(44)41-17-19-48-20-18-41/h7-16,21-22,35H,5-6,17-20,23H2,1-4H3/b31-21-/t35-/m0/s1. The normalized spacial score (nSPS) is 16.6. The number of benzene rings is 3. The van der Waals surface area contributed by atoms with Gasteiger partial charge in [0.25, 0.3) is 11.5 Å². The van der Waals surface area contributed by atoms with E-state index in [9.17, 15) is 14.4 Å². The van der Waals surface area contributed by atoms with Crippen molar-refractivity contribution in [1.29, 1.82) is 0 Å². The van der Waals surface area contributed by atoms with Crippen LogP contribution >= 0.6 is 11.3 Å². The minimum atomic E-state index is -0.764. The molecule has 4 heterocycles. The summed E-state index contributed by atoms with van der Waals surface area (Å²) in [7, 11) is 1.61. The first kappa shape index (κ1) is 32.5. The van der Waals surface area contributed by atoms with E-state index < -0.39 is 6.04 Å². The number of hydrogen-bond donors (Lipinski definition) is 0. The minimum absolute atomic E-state index is 0.0277. The Labute approximate surface area is 287 Å².